The second-order valence-corrected chi connectivity index (χ2v) is 7.67. The van der Waals surface area contributed by atoms with Gasteiger partial charge in [-0.15, -0.1) is 0 Å². The maximum Gasteiger partial charge on any atom is 2.00 e. The number of phosphoric ester groups is 1. The van der Waals surface area contributed by atoms with Crippen LogP contribution >= 0.6 is 7.82 Å². The quantitative estimate of drug-likeness (QED) is 0.0270. The van der Waals surface area contributed by atoms with Gasteiger partial charge < -0.3 is 60.0 Å². The fraction of sp³-hybridized carbons (Fsp3) is 0.643. The summed E-state index contributed by atoms with van der Waals surface area (Å²) in [6.45, 7) is -1.79. The molecular weight excluding hydrogens is 526 g/mol. The summed E-state index contributed by atoms with van der Waals surface area (Å²) >= 11 is 0. The Morgan fingerprint density at radius 1 is 1.06 bits per heavy atom. The van der Waals surface area contributed by atoms with Gasteiger partial charge in [0.05, 0.1) is 13.0 Å². The Balaban J connectivity index is -0.000000512. The van der Waals surface area contributed by atoms with E-state index in [0.717, 1.165) is 4.90 Å². The number of likely N-dealkylation sites (N-methyl/N-ethyl adjacent to an activating group) is 1. The van der Waals surface area contributed by atoms with Crippen molar-refractivity contribution in [1.82, 2.24) is 4.90 Å². The van der Waals surface area contributed by atoms with Crippen LogP contribution in [0.4, 0.5) is 0 Å². The second kappa shape index (κ2) is 17.5. The molecule has 0 saturated heterocycles. The number of phosphoric acid groups is 1. The minimum absolute atomic E-state index is 0. The smallest absolute Gasteiger partial charge is 1.00 e. The Bertz CT molecular complexity index is 822. The topological polar surface area (TPSA) is 314 Å². The number of rotatable bonds is 12. The molecule has 0 spiro atoms. The number of hydrogen-bond acceptors (Lipinski definition) is 15. The van der Waals surface area contributed by atoms with Crippen LogP contribution in [0.15, 0.2) is 0 Å². The summed E-state index contributed by atoms with van der Waals surface area (Å²) in [4.78, 5) is 56.7. The normalized spacial score (nSPS) is 16.3. The van der Waals surface area contributed by atoms with Crippen LogP contribution < -0.4 is 41.0 Å². The van der Waals surface area contributed by atoms with E-state index in [-0.39, 0.29) is 56.9 Å². The van der Waals surface area contributed by atoms with Gasteiger partial charge in [0.1, 0.15) is 30.9 Å². The van der Waals surface area contributed by atoms with E-state index in [1.165, 1.54) is 7.05 Å². The Morgan fingerprint density at radius 3 is 2.03 bits per heavy atom. The molecule has 0 heterocycles. The zero-order chi connectivity index (χ0) is 26.1. The Morgan fingerprint density at radius 2 is 1.57 bits per heavy atom. The first kappa shape index (κ1) is 38.6. The van der Waals surface area contributed by atoms with Gasteiger partial charge in [-0.05, 0) is 0 Å². The number of aliphatic hydroxyl groups is 5. The summed E-state index contributed by atoms with van der Waals surface area (Å²) in [5, 5.41) is 53.3. The number of aliphatic hydroxyl groups excluding tert-OH is 5. The van der Waals surface area contributed by atoms with E-state index in [2.05, 4.69) is 13.8 Å². The van der Waals surface area contributed by atoms with Gasteiger partial charge in [0, 0.05) is 7.05 Å². The average Bonchev–Trinajstić information content (AvgIpc) is 2.69. The van der Waals surface area contributed by atoms with E-state index in [1.807, 2.05) is 0 Å². The predicted octanol–water partition coefficient (Wildman–Crippen LogP) is -8.82. The monoisotopic (exact) mass is 554 g/mol. The van der Waals surface area contributed by atoms with Gasteiger partial charge in [0.2, 0.25) is 0 Å². The summed E-state index contributed by atoms with van der Waals surface area (Å²) in [6, 6.07) is -2.02. The van der Waals surface area contributed by atoms with Crippen molar-refractivity contribution in [3.8, 4) is 0 Å². The predicted molar refractivity (Wildman–Crippen MR) is 110 cm³/mol. The molecule has 0 fully saturated rings. The van der Waals surface area contributed by atoms with Crippen molar-refractivity contribution in [2.24, 2.45) is 11.5 Å². The third kappa shape index (κ3) is 14.4. The number of carbonyl (C=O) groups is 4. The molecule has 35 heavy (non-hydrogen) atoms. The van der Waals surface area contributed by atoms with E-state index in [4.69, 9.17) is 27.1 Å². The van der Waals surface area contributed by atoms with E-state index >= 15 is 0 Å². The number of nitrogens with two attached hydrogens (primary N) is 2. The SMILES string of the molecule is CN(CC(=O)OP(=O)(O)OC(=O)C(N)CC(=O)OC(=O)[C@H](O)[C@@H](O)[C@H](O)[C@H](O)CO)C(=N)N.[H-].[H-].[H-].[Mg+2].[Na+]. The molecular formula is C14H28MgN4NaO14P. The standard InChI is InChI=1S/C14H25N4O14P.Mg.Na.3H/c1-18(14(16)17)3-8(22)31-33(28,29)32-12(26)5(15)2-7(21)30-13(27)11(25)10(24)9(23)6(20)4-19;;;;;/h5-6,9-11,19-20,23-25H,2-4,15H2,1H3,(H3,16,17)(H,28,29);;;;;/q;+2;+1;3*-1/t5?,6-,9-,10+,11-;;;;;/m1...../s1. The first-order valence-electron chi connectivity index (χ1n) is 8.69. The summed E-state index contributed by atoms with van der Waals surface area (Å²) in [7, 11) is -4.18. The van der Waals surface area contributed by atoms with Crippen LogP contribution in [-0.4, -0.2) is 139 Å². The van der Waals surface area contributed by atoms with Gasteiger partial charge in [-0.1, -0.05) is 0 Å². The Hall–Kier alpha value is -0.934. The molecule has 0 aliphatic heterocycles. The molecule has 0 amide bonds. The van der Waals surface area contributed by atoms with Gasteiger partial charge in [-0.3, -0.25) is 15.1 Å². The fourth-order valence-electron chi connectivity index (χ4n) is 1.78. The average molecular weight is 555 g/mol. The van der Waals surface area contributed by atoms with Crippen molar-refractivity contribution < 1.29 is 102 Å². The Labute approximate surface area is 240 Å². The van der Waals surface area contributed by atoms with E-state index in [0.29, 0.717) is 0 Å². The molecule has 0 bridgehead atoms. The fourth-order valence-corrected chi connectivity index (χ4v) is 2.49. The maximum atomic E-state index is 11.7. The molecule has 11 N–H and O–H groups in total. The molecule has 2 unspecified atom stereocenters. The minimum atomic E-state index is -5.35. The summed E-state index contributed by atoms with van der Waals surface area (Å²) in [5.74, 6) is -7.14. The number of nitrogens with one attached hydrogen (secondary N) is 1. The molecule has 196 valence electrons. The summed E-state index contributed by atoms with van der Waals surface area (Å²) in [5.41, 5.74) is 10.3. The van der Waals surface area contributed by atoms with Gasteiger partial charge in [0.25, 0.3) is 0 Å². The van der Waals surface area contributed by atoms with E-state index < -0.39 is 87.7 Å². The van der Waals surface area contributed by atoms with Crippen molar-refractivity contribution in [3.05, 3.63) is 0 Å². The van der Waals surface area contributed by atoms with Crippen molar-refractivity contribution in [2.75, 3.05) is 20.2 Å². The number of carbonyl (C=O) groups excluding carboxylic acids is 4. The molecule has 0 aromatic rings. The van der Waals surface area contributed by atoms with Gasteiger partial charge in [-0.25, -0.2) is 18.9 Å². The molecule has 0 rings (SSSR count). The van der Waals surface area contributed by atoms with Crippen LogP contribution in [0.3, 0.4) is 0 Å². The second-order valence-electron chi connectivity index (χ2n) is 6.36. The molecule has 0 aromatic heterocycles. The molecule has 18 nitrogen and oxygen atoms in total. The largest absolute Gasteiger partial charge is 2.00 e. The van der Waals surface area contributed by atoms with Crippen LogP contribution in [0.1, 0.15) is 10.7 Å². The number of esters is 2. The van der Waals surface area contributed by atoms with Crippen molar-refractivity contribution in [1.29, 1.82) is 5.41 Å². The molecule has 0 aliphatic rings. The molecule has 0 aromatic carbocycles. The Kier molecular flexibility index (Phi) is 19.3. The first-order chi connectivity index (χ1) is 15.0. The molecule has 6 atom stereocenters. The third-order valence-corrected chi connectivity index (χ3v) is 4.44. The minimum Gasteiger partial charge on any atom is -1.00 e. The summed E-state index contributed by atoms with van der Waals surface area (Å²) in [6.07, 6.45) is -10.2. The molecule has 0 saturated carbocycles. The van der Waals surface area contributed by atoms with E-state index in [9.17, 15) is 44.0 Å². The number of ether oxygens (including phenoxy) is 1. The molecule has 0 aliphatic carbocycles. The molecule has 21 heteroatoms. The molecule has 0 radical (unpaired) electrons. The number of guanidine groups is 1. The zero-order valence-electron chi connectivity index (χ0n) is 21.7. The van der Waals surface area contributed by atoms with Gasteiger partial charge in [0.15, 0.2) is 12.1 Å². The van der Waals surface area contributed by atoms with Crippen LogP contribution in [0.2, 0.25) is 0 Å². The van der Waals surface area contributed by atoms with Crippen molar-refractivity contribution >= 4 is 60.7 Å². The van der Waals surface area contributed by atoms with Gasteiger partial charge in [-0.2, -0.15) is 0 Å². The summed E-state index contributed by atoms with van der Waals surface area (Å²) < 4.78 is 23.8. The number of hydrogen-bond donors (Lipinski definition) is 9. The van der Waals surface area contributed by atoms with Crippen LogP contribution in [-0.2, 0) is 37.5 Å². The van der Waals surface area contributed by atoms with E-state index in [1.54, 1.807) is 0 Å². The van der Waals surface area contributed by atoms with Crippen LogP contribution in [0.5, 0.6) is 0 Å². The first-order valence-corrected chi connectivity index (χ1v) is 10.2. The van der Waals surface area contributed by atoms with Crippen molar-refractivity contribution in [2.45, 2.75) is 36.9 Å². The van der Waals surface area contributed by atoms with Crippen LogP contribution in [0.25, 0.3) is 0 Å². The maximum absolute atomic E-state index is 11.7. The van der Waals surface area contributed by atoms with Gasteiger partial charge >= 0.3 is 84.3 Å². The van der Waals surface area contributed by atoms with Crippen LogP contribution in [0, 0.1) is 5.41 Å². The van der Waals surface area contributed by atoms with Crippen molar-refractivity contribution in [3.63, 3.8) is 0 Å². The zero-order valence-corrected chi connectivity index (χ0v) is 23.0. The number of nitrogens with zero attached hydrogens (tertiary/aromatic N) is 1. The third-order valence-electron chi connectivity index (χ3n) is 3.60.